The molecule has 0 radical (unpaired) electrons. The third kappa shape index (κ3) is 4.87. The van der Waals surface area contributed by atoms with Crippen LogP contribution in [0.15, 0.2) is 35.8 Å². The third-order valence-electron chi connectivity index (χ3n) is 4.29. The number of allylic oxidation sites excluding steroid dienone is 1. The summed E-state index contributed by atoms with van der Waals surface area (Å²) in [7, 11) is 0. The average Bonchev–Trinajstić information content (AvgIpc) is 3.34. The zero-order valence-corrected chi connectivity index (χ0v) is 18.6. The number of rotatable bonds is 7. The highest BCUT2D eigenvalue weighted by atomic mass is 32.1. The quantitative estimate of drug-likeness (QED) is 0.280. The van der Waals surface area contributed by atoms with E-state index in [1.807, 2.05) is 0 Å². The van der Waals surface area contributed by atoms with Crippen molar-refractivity contribution in [3.05, 3.63) is 62.7 Å². The monoisotopic (exact) mass is 455 g/mol. The van der Waals surface area contributed by atoms with Gasteiger partial charge in [-0.25, -0.2) is 14.2 Å². The highest BCUT2D eigenvalue weighted by molar-refractivity contribution is 7.18. The van der Waals surface area contributed by atoms with Crippen molar-refractivity contribution >= 4 is 45.0 Å². The molecule has 0 bridgehead atoms. The lowest BCUT2D eigenvalue weighted by Gasteiger charge is -2.05. The maximum atomic E-state index is 13.1. The summed E-state index contributed by atoms with van der Waals surface area (Å²) in [5.74, 6) is -1.03. The van der Waals surface area contributed by atoms with Crippen LogP contribution in [0, 0.1) is 24.1 Å². The Morgan fingerprint density at radius 3 is 2.65 bits per heavy atom. The fourth-order valence-corrected chi connectivity index (χ4v) is 4.68. The molecular weight excluding hydrogens is 437 g/mol. The van der Waals surface area contributed by atoms with Crippen molar-refractivity contribution in [3.8, 4) is 17.3 Å². The first-order valence-electron chi connectivity index (χ1n) is 9.25. The van der Waals surface area contributed by atoms with Crippen LogP contribution >= 0.6 is 22.7 Å². The Labute approximate surface area is 186 Å². The van der Waals surface area contributed by atoms with Crippen LogP contribution in [0.2, 0.25) is 0 Å². The Hall–Kier alpha value is -3.35. The number of esters is 1. The molecule has 3 aromatic rings. The molecule has 0 atom stereocenters. The lowest BCUT2D eigenvalue weighted by Crippen LogP contribution is -2.08. The van der Waals surface area contributed by atoms with Crippen LogP contribution in [0.5, 0.6) is 0 Å². The number of Topliss-reactive ketones (excluding diaryl/α,β-unsaturated/α-hetero) is 1. The topological polar surface area (TPSA) is 92.1 Å². The van der Waals surface area contributed by atoms with E-state index in [1.54, 1.807) is 31.4 Å². The van der Waals surface area contributed by atoms with E-state index in [9.17, 15) is 19.2 Å². The van der Waals surface area contributed by atoms with Gasteiger partial charge >= 0.3 is 5.97 Å². The van der Waals surface area contributed by atoms with E-state index in [4.69, 9.17) is 4.74 Å². The lowest BCUT2D eigenvalue weighted by molar-refractivity contribution is 0.0527. The molecule has 1 N–H and O–H groups in total. The molecule has 0 aliphatic carbocycles. The number of nitrogens with one attached hydrogen (secondary N) is 1. The van der Waals surface area contributed by atoms with Gasteiger partial charge in [-0.1, -0.05) is 0 Å². The second kappa shape index (κ2) is 9.64. The Morgan fingerprint density at radius 1 is 1.32 bits per heavy atom. The number of ketones is 1. The highest BCUT2D eigenvalue weighted by Gasteiger charge is 2.24. The number of thiazole rings is 1. The molecule has 9 heteroatoms. The summed E-state index contributed by atoms with van der Waals surface area (Å²) in [6.07, 6.45) is 1.45. The van der Waals surface area contributed by atoms with E-state index in [2.05, 4.69) is 16.4 Å². The number of thiophene rings is 1. The molecule has 0 unspecified atom stereocenters. The number of hydrogen-bond donors (Lipinski definition) is 1. The van der Waals surface area contributed by atoms with Crippen LogP contribution in [-0.4, -0.2) is 23.3 Å². The van der Waals surface area contributed by atoms with E-state index in [0.29, 0.717) is 26.1 Å². The van der Waals surface area contributed by atoms with Gasteiger partial charge < -0.3 is 10.1 Å². The largest absolute Gasteiger partial charge is 0.462 e. The van der Waals surface area contributed by atoms with Gasteiger partial charge in [0.2, 0.25) is 0 Å². The zero-order chi connectivity index (χ0) is 22.5. The molecule has 2 heterocycles. The molecule has 6 nitrogen and oxygen atoms in total. The third-order valence-corrected chi connectivity index (χ3v) is 6.49. The zero-order valence-electron chi connectivity index (χ0n) is 17.0. The first kappa shape index (κ1) is 22.3. The van der Waals surface area contributed by atoms with Gasteiger partial charge in [-0.05, 0) is 50.6 Å². The number of benzene rings is 1. The summed E-state index contributed by atoms with van der Waals surface area (Å²) in [5, 5.41) is 15.2. The first-order chi connectivity index (χ1) is 14.8. The molecule has 0 amide bonds. The molecular formula is C22H18FN3O3S2. The van der Waals surface area contributed by atoms with Crippen molar-refractivity contribution in [2.45, 2.75) is 20.8 Å². The van der Waals surface area contributed by atoms with Crippen molar-refractivity contribution in [1.29, 1.82) is 5.26 Å². The van der Waals surface area contributed by atoms with Gasteiger partial charge in [0.25, 0.3) is 0 Å². The van der Waals surface area contributed by atoms with Gasteiger partial charge in [0.05, 0.1) is 22.7 Å². The predicted octanol–water partition coefficient (Wildman–Crippen LogP) is 5.68. The number of carbonyl (C=O) groups excluding carboxylic acids is 2. The fourth-order valence-electron chi connectivity index (χ4n) is 2.83. The summed E-state index contributed by atoms with van der Waals surface area (Å²) in [6, 6.07) is 8.02. The summed E-state index contributed by atoms with van der Waals surface area (Å²) in [6.45, 7) is 5.02. The van der Waals surface area contributed by atoms with E-state index >= 15 is 0 Å². The molecule has 2 aromatic heterocycles. The molecule has 0 saturated carbocycles. The van der Waals surface area contributed by atoms with Crippen LogP contribution in [0.25, 0.3) is 16.8 Å². The molecule has 3 rings (SSSR count). The molecule has 0 spiro atoms. The fraction of sp³-hybridized carbons (Fsp3) is 0.182. The Balaban J connectivity index is 1.92. The van der Waals surface area contributed by atoms with E-state index in [0.717, 1.165) is 16.9 Å². The second-order valence-electron chi connectivity index (χ2n) is 6.40. The molecule has 0 aliphatic heterocycles. The van der Waals surface area contributed by atoms with Crippen LogP contribution in [-0.2, 0) is 4.74 Å². The van der Waals surface area contributed by atoms with Gasteiger partial charge in [0.15, 0.2) is 5.78 Å². The smallest absolute Gasteiger partial charge is 0.341 e. The lowest BCUT2D eigenvalue weighted by atomic mass is 10.1. The van der Waals surface area contributed by atoms with Gasteiger partial charge in [0.1, 0.15) is 27.5 Å². The van der Waals surface area contributed by atoms with Gasteiger partial charge in [-0.15, -0.1) is 22.7 Å². The van der Waals surface area contributed by atoms with E-state index in [-0.39, 0.29) is 29.3 Å². The van der Waals surface area contributed by atoms with E-state index in [1.165, 1.54) is 36.6 Å². The van der Waals surface area contributed by atoms with Crippen LogP contribution in [0.4, 0.5) is 9.39 Å². The molecule has 158 valence electrons. The summed E-state index contributed by atoms with van der Waals surface area (Å²) < 4.78 is 18.3. The normalized spacial score (nSPS) is 11.1. The maximum Gasteiger partial charge on any atom is 0.341 e. The van der Waals surface area contributed by atoms with Crippen molar-refractivity contribution in [3.63, 3.8) is 0 Å². The summed E-state index contributed by atoms with van der Waals surface area (Å²) >= 11 is 2.40. The highest BCUT2D eigenvalue weighted by Crippen LogP contribution is 2.35. The van der Waals surface area contributed by atoms with Gasteiger partial charge in [-0.3, -0.25) is 4.79 Å². The predicted molar refractivity (Wildman–Crippen MR) is 120 cm³/mol. The van der Waals surface area contributed by atoms with Crippen molar-refractivity contribution in [1.82, 2.24) is 4.98 Å². The van der Waals surface area contributed by atoms with Crippen LogP contribution in [0.1, 0.15) is 44.4 Å². The molecule has 0 saturated heterocycles. The van der Waals surface area contributed by atoms with Crippen LogP contribution in [0.3, 0.4) is 0 Å². The van der Waals surface area contributed by atoms with Gasteiger partial charge in [0, 0.05) is 17.1 Å². The number of ether oxygens (including phenoxy) is 1. The Bertz CT molecular complexity index is 1200. The Kier molecular flexibility index (Phi) is 6.95. The minimum Gasteiger partial charge on any atom is -0.462 e. The summed E-state index contributed by atoms with van der Waals surface area (Å²) in [5.41, 5.74) is 2.43. The molecule has 31 heavy (non-hydrogen) atoms. The summed E-state index contributed by atoms with van der Waals surface area (Å²) in [4.78, 5) is 29.2. The number of anilines is 1. The molecule has 1 aromatic carbocycles. The number of hydrogen-bond acceptors (Lipinski definition) is 8. The minimum atomic E-state index is -0.536. The average molecular weight is 456 g/mol. The van der Waals surface area contributed by atoms with E-state index < -0.39 is 5.97 Å². The number of nitrogens with zero attached hydrogens (tertiary/aromatic N) is 2. The van der Waals surface area contributed by atoms with Crippen molar-refractivity contribution in [2.75, 3.05) is 11.9 Å². The number of carbonyl (C=O) groups is 2. The molecule has 0 fully saturated rings. The SMILES string of the molecule is CCOC(=O)c1c(NC=C(C#N)c2nc(-c3ccc(F)cc3)cs2)sc(C(C)=O)c1C. The maximum absolute atomic E-state index is 13.1. The standard InChI is InChI=1S/C22H18FN3O3S2/c1-4-29-22(28)18-12(2)19(13(3)27)31-21(18)25-10-15(9-24)20-26-17(11-30-20)14-5-7-16(23)8-6-14/h5-8,10-11,25H,4H2,1-3H3. The molecule has 0 aliphatic rings. The second-order valence-corrected chi connectivity index (χ2v) is 8.27. The Morgan fingerprint density at radius 2 is 2.03 bits per heavy atom. The van der Waals surface area contributed by atoms with Crippen molar-refractivity contribution < 1.29 is 18.7 Å². The number of nitriles is 1. The number of aromatic nitrogens is 1. The first-order valence-corrected chi connectivity index (χ1v) is 10.9. The minimum absolute atomic E-state index is 0.158. The number of halogens is 1. The van der Waals surface area contributed by atoms with Crippen LogP contribution < -0.4 is 5.32 Å². The van der Waals surface area contributed by atoms with Gasteiger partial charge in [-0.2, -0.15) is 5.26 Å². The van der Waals surface area contributed by atoms with Crippen molar-refractivity contribution in [2.24, 2.45) is 0 Å².